The molecule has 1 saturated carbocycles. The molecule has 0 radical (unpaired) electrons. The third kappa shape index (κ3) is 5.88. The Morgan fingerprint density at radius 2 is 1.88 bits per heavy atom. The van der Waals surface area contributed by atoms with Gasteiger partial charge in [-0.25, -0.2) is 4.39 Å². The Morgan fingerprint density at radius 1 is 1.00 bits per heavy atom. The lowest BCUT2D eigenvalue weighted by molar-refractivity contribution is 0.138. The number of benzene rings is 2. The predicted molar refractivity (Wildman–Crippen MR) is 127 cm³/mol. The molecule has 4 nitrogen and oxygen atoms in total. The van der Waals surface area contributed by atoms with Crippen LogP contribution in [-0.4, -0.2) is 31.9 Å². The third-order valence-electron chi connectivity index (χ3n) is 7.45. The fourth-order valence-corrected chi connectivity index (χ4v) is 5.48. The lowest BCUT2D eigenvalue weighted by atomic mass is 9.92. The molecule has 1 N–H and O–H groups in total. The maximum atomic E-state index is 14.1. The number of hydrogen-bond donors (Lipinski definition) is 1. The number of halogens is 1. The number of nitrogens with one attached hydrogen (secondary N) is 1. The Labute approximate surface area is 196 Å². The Balaban J connectivity index is 1.06. The molecule has 0 spiro atoms. The summed E-state index contributed by atoms with van der Waals surface area (Å²) in [5.74, 6) is 2.36. The van der Waals surface area contributed by atoms with Crippen LogP contribution in [0.4, 0.5) is 4.39 Å². The van der Waals surface area contributed by atoms with Crippen molar-refractivity contribution < 1.29 is 18.6 Å². The fraction of sp³-hybridized carbons (Fsp3) is 0.571. The van der Waals surface area contributed by atoms with Crippen molar-refractivity contribution in [2.75, 3.05) is 19.8 Å². The van der Waals surface area contributed by atoms with E-state index in [1.54, 1.807) is 6.07 Å². The Bertz CT molecular complexity index is 906. The van der Waals surface area contributed by atoms with Gasteiger partial charge in [0.1, 0.15) is 23.4 Å². The smallest absolute Gasteiger partial charge is 0.130 e. The van der Waals surface area contributed by atoms with Gasteiger partial charge in [-0.05, 0) is 100 Å². The van der Waals surface area contributed by atoms with E-state index in [0.29, 0.717) is 11.6 Å². The molecular weight excluding hydrogens is 417 g/mol. The molecule has 0 aromatic heterocycles. The molecule has 1 aliphatic carbocycles. The fourth-order valence-electron chi connectivity index (χ4n) is 5.48. The number of hydrogen-bond acceptors (Lipinski definition) is 4. The van der Waals surface area contributed by atoms with Crippen molar-refractivity contribution in [2.45, 2.75) is 76.0 Å². The van der Waals surface area contributed by atoms with Gasteiger partial charge < -0.3 is 19.5 Å². The monoisotopic (exact) mass is 453 g/mol. The highest BCUT2D eigenvalue weighted by Crippen LogP contribution is 2.38. The van der Waals surface area contributed by atoms with E-state index in [0.717, 1.165) is 68.4 Å². The van der Waals surface area contributed by atoms with Crippen molar-refractivity contribution in [1.29, 1.82) is 0 Å². The molecule has 5 rings (SSSR count). The van der Waals surface area contributed by atoms with Crippen molar-refractivity contribution in [3.8, 4) is 11.5 Å². The van der Waals surface area contributed by atoms with Gasteiger partial charge in [-0.2, -0.15) is 0 Å². The van der Waals surface area contributed by atoms with Gasteiger partial charge in [0.15, 0.2) is 0 Å². The molecule has 2 aromatic carbocycles. The number of fused-ring (bicyclic) bond motifs is 1. The normalized spacial score (nSPS) is 27.1. The molecule has 5 heteroatoms. The van der Waals surface area contributed by atoms with Crippen molar-refractivity contribution in [3.05, 3.63) is 59.4 Å². The Morgan fingerprint density at radius 3 is 2.70 bits per heavy atom. The second kappa shape index (κ2) is 10.9. The number of aryl methyl sites for hydroxylation is 1. The van der Waals surface area contributed by atoms with E-state index in [1.165, 1.54) is 38.2 Å². The molecule has 33 heavy (non-hydrogen) atoms. The summed E-state index contributed by atoms with van der Waals surface area (Å²) in [5, 5.41) is 3.75. The summed E-state index contributed by atoms with van der Waals surface area (Å²) in [6.45, 7) is 3.03. The average Bonchev–Trinajstić information content (AvgIpc) is 3.37. The van der Waals surface area contributed by atoms with Gasteiger partial charge in [0.2, 0.25) is 0 Å². The summed E-state index contributed by atoms with van der Waals surface area (Å²) < 4.78 is 32.1. The van der Waals surface area contributed by atoms with Gasteiger partial charge in [-0.15, -0.1) is 0 Å². The zero-order chi connectivity index (χ0) is 22.5. The molecule has 2 fully saturated rings. The highest BCUT2D eigenvalue weighted by Gasteiger charge is 2.26. The summed E-state index contributed by atoms with van der Waals surface area (Å²) >= 11 is 0. The standard InChI is InChI=1S/C28H36FNO3/c29-26-6-2-1-5-25(26)28-13-7-21-18-24(12-14-27(21)33-28)32-23-10-8-22(9-11-23)30-16-3-4-20-15-17-31-19-20/h1-2,5-6,12,14,18,20,22-23,28,30H,3-4,7-11,13,15-17,19H2. The third-order valence-corrected chi connectivity index (χ3v) is 7.45. The van der Waals surface area contributed by atoms with Crippen LogP contribution in [0.15, 0.2) is 42.5 Å². The Kier molecular flexibility index (Phi) is 7.47. The zero-order valence-electron chi connectivity index (χ0n) is 19.4. The highest BCUT2D eigenvalue weighted by atomic mass is 19.1. The van der Waals surface area contributed by atoms with E-state index >= 15 is 0 Å². The van der Waals surface area contributed by atoms with Gasteiger partial charge in [0, 0.05) is 24.8 Å². The van der Waals surface area contributed by atoms with Crippen LogP contribution in [0.1, 0.15) is 68.6 Å². The molecule has 0 amide bonds. The maximum absolute atomic E-state index is 14.1. The molecule has 2 aliphatic heterocycles. The van der Waals surface area contributed by atoms with Crippen LogP contribution in [-0.2, 0) is 11.2 Å². The van der Waals surface area contributed by atoms with E-state index in [9.17, 15) is 4.39 Å². The van der Waals surface area contributed by atoms with Gasteiger partial charge >= 0.3 is 0 Å². The minimum Gasteiger partial charge on any atom is -0.490 e. The zero-order valence-corrected chi connectivity index (χ0v) is 19.4. The lowest BCUT2D eigenvalue weighted by Crippen LogP contribution is -2.36. The predicted octanol–water partition coefficient (Wildman–Crippen LogP) is 5.99. The summed E-state index contributed by atoms with van der Waals surface area (Å²) in [4.78, 5) is 0. The van der Waals surface area contributed by atoms with Gasteiger partial charge in [-0.3, -0.25) is 0 Å². The molecule has 2 unspecified atom stereocenters. The first-order valence-corrected chi connectivity index (χ1v) is 12.8. The highest BCUT2D eigenvalue weighted by molar-refractivity contribution is 5.42. The van der Waals surface area contributed by atoms with Crippen LogP contribution in [0, 0.1) is 11.7 Å². The second-order valence-electron chi connectivity index (χ2n) is 9.85. The topological polar surface area (TPSA) is 39.7 Å². The first-order valence-electron chi connectivity index (χ1n) is 12.8. The van der Waals surface area contributed by atoms with Crippen LogP contribution in [0.25, 0.3) is 0 Å². The van der Waals surface area contributed by atoms with E-state index in [2.05, 4.69) is 11.4 Å². The molecule has 2 atom stereocenters. The SMILES string of the molecule is Fc1ccccc1C1CCc2cc(OC3CCC(NCCCC4CCOC4)CC3)ccc2O1. The van der Waals surface area contributed by atoms with Gasteiger partial charge in [0.25, 0.3) is 0 Å². The maximum Gasteiger partial charge on any atom is 0.130 e. The summed E-state index contributed by atoms with van der Waals surface area (Å²) in [6.07, 6.45) is 10.0. The van der Waals surface area contributed by atoms with E-state index in [1.807, 2.05) is 24.3 Å². The quantitative estimate of drug-likeness (QED) is 0.499. The first kappa shape index (κ1) is 22.7. The largest absolute Gasteiger partial charge is 0.490 e. The van der Waals surface area contributed by atoms with E-state index in [-0.39, 0.29) is 18.0 Å². The van der Waals surface area contributed by atoms with Crippen molar-refractivity contribution in [3.63, 3.8) is 0 Å². The van der Waals surface area contributed by atoms with Gasteiger partial charge in [-0.1, -0.05) is 18.2 Å². The molecule has 1 saturated heterocycles. The van der Waals surface area contributed by atoms with E-state index in [4.69, 9.17) is 14.2 Å². The number of rotatable bonds is 8. The molecule has 178 valence electrons. The molecule has 2 heterocycles. The van der Waals surface area contributed by atoms with Crippen LogP contribution >= 0.6 is 0 Å². The van der Waals surface area contributed by atoms with Gasteiger partial charge in [0.05, 0.1) is 6.10 Å². The van der Waals surface area contributed by atoms with Crippen LogP contribution in [0.2, 0.25) is 0 Å². The Hall–Kier alpha value is -2.11. The first-order chi connectivity index (χ1) is 16.2. The van der Waals surface area contributed by atoms with Crippen molar-refractivity contribution in [1.82, 2.24) is 5.32 Å². The summed E-state index contributed by atoms with van der Waals surface area (Å²) in [7, 11) is 0. The lowest BCUT2D eigenvalue weighted by Gasteiger charge is -2.31. The van der Waals surface area contributed by atoms with E-state index < -0.39 is 0 Å². The van der Waals surface area contributed by atoms with Crippen LogP contribution in [0.3, 0.4) is 0 Å². The van der Waals surface area contributed by atoms with Crippen molar-refractivity contribution >= 4 is 0 Å². The summed E-state index contributed by atoms with van der Waals surface area (Å²) in [6, 6.07) is 13.6. The minimum atomic E-state index is -0.222. The average molecular weight is 454 g/mol. The summed E-state index contributed by atoms with van der Waals surface area (Å²) in [5.41, 5.74) is 1.80. The van der Waals surface area contributed by atoms with Crippen molar-refractivity contribution in [2.24, 2.45) is 5.92 Å². The second-order valence-corrected chi connectivity index (χ2v) is 9.85. The minimum absolute atomic E-state index is 0.195. The van der Waals surface area contributed by atoms with Crippen LogP contribution < -0.4 is 14.8 Å². The number of ether oxygens (including phenoxy) is 3. The molecule has 2 aromatic rings. The molecular formula is C28H36FNO3. The molecule has 3 aliphatic rings. The van der Waals surface area contributed by atoms with Crippen LogP contribution in [0.5, 0.6) is 11.5 Å². The molecule has 0 bridgehead atoms.